The molecular formula is C22H24F3N. The highest BCUT2D eigenvalue weighted by molar-refractivity contribution is 5.57. The molecule has 2 aromatic carbocycles. The molecule has 0 aliphatic heterocycles. The molecule has 2 atom stereocenters. The van der Waals surface area contributed by atoms with Crippen molar-refractivity contribution in [1.29, 1.82) is 0 Å². The zero-order valence-corrected chi connectivity index (χ0v) is 14.9. The van der Waals surface area contributed by atoms with E-state index in [1.807, 2.05) is 0 Å². The first-order valence-corrected chi connectivity index (χ1v) is 9.10. The molecule has 1 nitrogen and oxygen atoms in total. The first kappa shape index (κ1) is 18.7. The van der Waals surface area contributed by atoms with Gasteiger partial charge in [-0.05, 0) is 55.5 Å². The minimum absolute atomic E-state index is 0.322. The Kier molecular flexibility index (Phi) is 5.82. The largest absolute Gasteiger partial charge is 0.416 e. The summed E-state index contributed by atoms with van der Waals surface area (Å²) in [6.45, 7) is 2.98. The van der Waals surface area contributed by atoms with Crippen molar-refractivity contribution in [2.45, 2.75) is 44.3 Å². The lowest BCUT2D eigenvalue weighted by atomic mass is 9.83. The number of allylic oxidation sites excluding steroid dienone is 1. The van der Waals surface area contributed by atoms with Crippen molar-refractivity contribution in [3.8, 4) is 0 Å². The number of hydrogen-bond donors (Lipinski definition) is 1. The summed E-state index contributed by atoms with van der Waals surface area (Å²) in [5, 5.41) is 3.55. The average Bonchev–Trinajstić information content (AvgIpc) is 2.64. The van der Waals surface area contributed by atoms with Gasteiger partial charge >= 0.3 is 6.18 Å². The summed E-state index contributed by atoms with van der Waals surface area (Å²) in [5.74, 6) is 0.435. The third-order valence-electron chi connectivity index (χ3n) is 5.05. The second-order valence-corrected chi connectivity index (χ2v) is 6.92. The Bertz CT molecular complexity index is 764. The zero-order chi connectivity index (χ0) is 18.6. The van der Waals surface area contributed by atoms with E-state index in [1.165, 1.54) is 23.3 Å². The van der Waals surface area contributed by atoms with Gasteiger partial charge in [-0.15, -0.1) is 0 Å². The van der Waals surface area contributed by atoms with Gasteiger partial charge in [-0.2, -0.15) is 13.2 Å². The lowest BCUT2D eigenvalue weighted by Gasteiger charge is -2.28. The highest BCUT2D eigenvalue weighted by Gasteiger charge is 2.30. The number of aryl methyl sites for hydroxylation is 1. The Morgan fingerprint density at radius 2 is 1.92 bits per heavy atom. The van der Waals surface area contributed by atoms with E-state index in [2.05, 4.69) is 48.7 Å². The fraction of sp³-hybridized carbons (Fsp3) is 0.364. The quantitative estimate of drug-likeness (QED) is 0.641. The van der Waals surface area contributed by atoms with Crippen LogP contribution in [0.15, 0.2) is 54.6 Å². The van der Waals surface area contributed by atoms with Crippen LogP contribution in [0, 0.1) is 0 Å². The summed E-state index contributed by atoms with van der Waals surface area (Å²) in [6.07, 6.45) is 2.59. The van der Waals surface area contributed by atoms with Crippen LogP contribution >= 0.6 is 0 Å². The number of rotatable bonds is 6. The Hall–Kier alpha value is -2.07. The van der Waals surface area contributed by atoms with E-state index in [-0.39, 0.29) is 0 Å². The fourth-order valence-electron chi connectivity index (χ4n) is 3.61. The molecule has 0 saturated carbocycles. The molecule has 26 heavy (non-hydrogen) atoms. The zero-order valence-electron chi connectivity index (χ0n) is 14.9. The molecule has 0 heterocycles. The minimum atomic E-state index is -4.27. The Balaban J connectivity index is 1.51. The van der Waals surface area contributed by atoms with Crippen LogP contribution in [0.4, 0.5) is 13.2 Å². The number of nitrogens with one attached hydrogen (secondary N) is 1. The maximum absolute atomic E-state index is 12.8. The van der Waals surface area contributed by atoms with Crippen molar-refractivity contribution in [3.63, 3.8) is 0 Å². The van der Waals surface area contributed by atoms with Crippen molar-refractivity contribution >= 4 is 6.08 Å². The van der Waals surface area contributed by atoms with Gasteiger partial charge in [-0.1, -0.05) is 54.6 Å². The van der Waals surface area contributed by atoms with Crippen molar-refractivity contribution in [2.75, 3.05) is 6.54 Å². The smallest absolute Gasteiger partial charge is 0.314 e. The van der Waals surface area contributed by atoms with E-state index >= 15 is 0 Å². The monoisotopic (exact) mass is 359 g/mol. The Morgan fingerprint density at radius 1 is 1.12 bits per heavy atom. The van der Waals surface area contributed by atoms with Gasteiger partial charge in [0.05, 0.1) is 5.56 Å². The van der Waals surface area contributed by atoms with Crippen LogP contribution in [0.3, 0.4) is 0 Å². The number of fused-ring (bicyclic) bond motifs is 1. The number of alkyl halides is 3. The standard InChI is InChI=1S/C22H24F3N/c1-16(20-13-5-10-18-9-2-3-12-21(18)20)26-14-6-8-17-7-4-11-19(15-17)22(23,24)25/h2-5,7,9-12,15-16,20,26H,6,8,13-14H2,1H3/t16-,20?/m1/s1. The van der Waals surface area contributed by atoms with Crippen molar-refractivity contribution in [3.05, 3.63) is 76.9 Å². The lowest BCUT2D eigenvalue weighted by Crippen LogP contribution is -2.33. The van der Waals surface area contributed by atoms with E-state index in [9.17, 15) is 13.2 Å². The van der Waals surface area contributed by atoms with Crippen LogP contribution in [0.2, 0.25) is 0 Å². The first-order chi connectivity index (χ1) is 12.4. The molecule has 0 spiro atoms. The predicted octanol–water partition coefficient (Wildman–Crippen LogP) is 5.82. The summed E-state index contributed by atoms with van der Waals surface area (Å²) >= 11 is 0. The van der Waals surface area contributed by atoms with E-state index < -0.39 is 11.7 Å². The second kappa shape index (κ2) is 8.09. The summed E-state index contributed by atoms with van der Waals surface area (Å²) in [5.41, 5.74) is 2.82. The topological polar surface area (TPSA) is 12.0 Å². The maximum Gasteiger partial charge on any atom is 0.416 e. The molecule has 4 heteroatoms. The summed E-state index contributed by atoms with van der Waals surface area (Å²) < 4.78 is 38.3. The van der Waals surface area contributed by atoms with Crippen LogP contribution in [0.25, 0.3) is 6.08 Å². The predicted molar refractivity (Wildman–Crippen MR) is 100 cm³/mol. The molecule has 1 N–H and O–H groups in total. The summed E-state index contributed by atoms with van der Waals surface area (Å²) in [7, 11) is 0. The Labute approximate surface area is 152 Å². The molecular weight excluding hydrogens is 335 g/mol. The second-order valence-electron chi connectivity index (χ2n) is 6.92. The van der Waals surface area contributed by atoms with Crippen LogP contribution in [0.5, 0.6) is 0 Å². The van der Waals surface area contributed by atoms with Gasteiger partial charge in [0.2, 0.25) is 0 Å². The third-order valence-corrected chi connectivity index (χ3v) is 5.05. The number of hydrogen-bond acceptors (Lipinski definition) is 1. The van der Waals surface area contributed by atoms with Crippen molar-refractivity contribution in [1.82, 2.24) is 5.32 Å². The maximum atomic E-state index is 12.8. The van der Waals surface area contributed by atoms with Crippen LogP contribution in [-0.2, 0) is 12.6 Å². The molecule has 0 saturated heterocycles. The molecule has 138 valence electrons. The third kappa shape index (κ3) is 4.55. The van der Waals surface area contributed by atoms with E-state index in [4.69, 9.17) is 0 Å². The molecule has 0 amide bonds. The first-order valence-electron chi connectivity index (χ1n) is 9.10. The van der Waals surface area contributed by atoms with Gasteiger partial charge in [-0.25, -0.2) is 0 Å². The van der Waals surface area contributed by atoms with E-state index in [0.717, 1.165) is 31.0 Å². The van der Waals surface area contributed by atoms with Crippen LogP contribution in [-0.4, -0.2) is 12.6 Å². The van der Waals surface area contributed by atoms with E-state index in [0.29, 0.717) is 18.4 Å². The molecule has 3 rings (SSSR count). The SMILES string of the molecule is C[C@@H](NCCCc1cccc(C(F)(F)F)c1)C1CC=Cc2ccccc21. The normalized spacial score (nSPS) is 17.8. The molecule has 2 aromatic rings. The molecule has 1 aliphatic carbocycles. The molecule has 0 aromatic heterocycles. The molecule has 0 radical (unpaired) electrons. The van der Waals surface area contributed by atoms with E-state index in [1.54, 1.807) is 6.07 Å². The molecule has 1 unspecified atom stereocenters. The summed E-state index contributed by atoms with van der Waals surface area (Å²) in [6, 6.07) is 14.4. The van der Waals surface area contributed by atoms with Crippen LogP contribution < -0.4 is 5.32 Å². The molecule has 0 bridgehead atoms. The molecule has 0 fully saturated rings. The highest BCUT2D eigenvalue weighted by atomic mass is 19.4. The minimum Gasteiger partial charge on any atom is -0.314 e. The van der Waals surface area contributed by atoms with Gasteiger partial charge in [0.15, 0.2) is 0 Å². The van der Waals surface area contributed by atoms with Gasteiger partial charge in [0.25, 0.3) is 0 Å². The van der Waals surface area contributed by atoms with Gasteiger partial charge in [0, 0.05) is 12.0 Å². The van der Waals surface area contributed by atoms with Crippen molar-refractivity contribution < 1.29 is 13.2 Å². The van der Waals surface area contributed by atoms with Gasteiger partial charge in [-0.3, -0.25) is 0 Å². The average molecular weight is 359 g/mol. The van der Waals surface area contributed by atoms with Gasteiger partial charge in [0.1, 0.15) is 0 Å². The van der Waals surface area contributed by atoms with Crippen molar-refractivity contribution in [2.24, 2.45) is 0 Å². The number of halogens is 3. The van der Waals surface area contributed by atoms with Gasteiger partial charge < -0.3 is 5.32 Å². The molecule has 1 aliphatic rings. The Morgan fingerprint density at radius 3 is 2.73 bits per heavy atom. The summed E-state index contributed by atoms with van der Waals surface area (Å²) in [4.78, 5) is 0. The highest BCUT2D eigenvalue weighted by Crippen LogP contribution is 2.32. The number of benzene rings is 2. The fourth-order valence-corrected chi connectivity index (χ4v) is 3.61. The lowest BCUT2D eigenvalue weighted by molar-refractivity contribution is -0.137. The van der Waals surface area contributed by atoms with Crippen LogP contribution in [0.1, 0.15) is 47.9 Å².